The van der Waals surface area contributed by atoms with E-state index in [1.807, 2.05) is 25.2 Å². The van der Waals surface area contributed by atoms with Crippen molar-refractivity contribution in [3.8, 4) is 0 Å². The minimum atomic E-state index is -0.296. The summed E-state index contributed by atoms with van der Waals surface area (Å²) in [5, 5.41) is 6.22. The van der Waals surface area contributed by atoms with Crippen molar-refractivity contribution < 1.29 is 14.3 Å². The SMILES string of the molecule is CCN1C(=O)C(OCC(=O)NC)=CC2C=C(Nc3nc(N4CCN(C)CC4)ncc3Cl)C=CC21. The van der Waals surface area contributed by atoms with Crippen LogP contribution in [0.5, 0.6) is 0 Å². The molecule has 0 saturated carbocycles. The van der Waals surface area contributed by atoms with Gasteiger partial charge in [0.15, 0.2) is 18.2 Å². The highest BCUT2D eigenvalue weighted by atomic mass is 35.5. The van der Waals surface area contributed by atoms with Crippen LogP contribution in [0, 0.1) is 5.92 Å². The molecule has 2 amide bonds. The molecule has 4 rings (SSSR count). The fraction of sp³-hybridized carbons (Fsp3) is 0.478. The van der Waals surface area contributed by atoms with Crippen LogP contribution in [0.3, 0.4) is 0 Å². The van der Waals surface area contributed by atoms with Crippen LogP contribution in [0.1, 0.15) is 6.92 Å². The molecule has 1 saturated heterocycles. The highest BCUT2D eigenvalue weighted by molar-refractivity contribution is 6.32. The number of carbonyl (C=O) groups is 2. The lowest BCUT2D eigenvalue weighted by Crippen LogP contribution is -2.48. The van der Waals surface area contributed by atoms with E-state index in [9.17, 15) is 9.59 Å². The summed E-state index contributed by atoms with van der Waals surface area (Å²) in [6.45, 7) is 5.85. The van der Waals surface area contributed by atoms with Crippen LogP contribution >= 0.6 is 11.6 Å². The van der Waals surface area contributed by atoms with Crippen LogP contribution in [0.2, 0.25) is 5.02 Å². The van der Waals surface area contributed by atoms with Gasteiger partial charge in [-0.1, -0.05) is 23.8 Å². The number of rotatable bonds is 7. The van der Waals surface area contributed by atoms with Crippen LogP contribution in [0.15, 0.2) is 42.0 Å². The lowest BCUT2D eigenvalue weighted by Gasteiger charge is -2.38. The first-order valence-electron chi connectivity index (χ1n) is 11.4. The Bertz CT molecular complexity index is 1030. The maximum Gasteiger partial charge on any atom is 0.289 e. The topological polar surface area (TPSA) is 103 Å². The van der Waals surface area contributed by atoms with Crippen LogP contribution < -0.4 is 15.5 Å². The number of halogens is 1. The third kappa shape index (κ3) is 5.18. The first-order chi connectivity index (χ1) is 16.4. The van der Waals surface area contributed by atoms with Crippen molar-refractivity contribution in [1.82, 2.24) is 25.1 Å². The second-order valence-electron chi connectivity index (χ2n) is 8.41. The monoisotopic (exact) mass is 487 g/mol. The van der Waals surface area contributed by atoms with Crippen molar-refractivity contribution in [2.75, 3.05) is 63.6 Å². The number of nitrogens with zero attached hydrogens (tertiary/aromatic N) is 5. The van der Waals surface area contributed by atoms with Crippen LogP contribution in [-0.2, 0) is 14.3 Å². The van der Waals surface area contributed by atoms with Crippen molar-refractivity contribution in [3.05, 3.63) is 47.0 Å². The number of anilines is 2. The van der Waals surface area contributed by atoms with E-state index in [0.29, 0.717) is 23.3 Å². The van der Waals surface area contributed by atoms with Crippen molar-refractivity contribution in [2.24, 2.45) is 5.92 Å². The van der Waals surface area contributed by atoms with E-state index in [4.69, 9.17) is 16.3 Å². The van der Waals surface area contributed by atoms with Gasteiger partial charge in [-0.15, -0.1) is 0 Å². The van der Waals surface area contributed by atoms with E-state index in [2.05, 4.69) is 37.4 Å². The molecule has 10 nitrogen and oxygen atoms in total. The fourth-order valence-electron chi connectivity index (χ4n) is 4.18. The molecule has 0 spiro atoms. The van der Waals surface area contributed by atoms with E-state index in [1.54, 1.807) is 17.2 Å². The predicted octanol–water partition coefficient (Wildman–Crippen LogP) is 1.24. The number of piperazine rings is 1. The highest BCUT2D eigenvalue weighted by Crippen LogP contribution is 2.31. The Morgan fingerprint density at radius 1 is 1.26 bits per heavy atom. The summed E-state index contributed by atoms with van der Waals surface area (Å²) in [4.78, 5) is 39.6. The zero-order valence-corrected chi connectivity index (χ0v) is 20.4. The lowest BCUT2D eigenvalue weighted by atomic mass is 9.88. The average molecular weight is 488 g/mol. The third-order valence-corrected chi connectivity index (χ3v) is 6.45. The zero-order chi connectivity index (χ0) is 24.2. The van der Waals surface area contributed by atoms with Gasteiger partial charge < -0.3 is 30.1 Å². The van der Waals surface area contributed by atoms with E-state index in [0.717, 1.165) is 31.9 Å². The summed E-state index contributed by atoms with van der Waals surface area (Å²) in [6, 6.07) is -0.128. The largest absolute Gasteiger partial charge is 0.478 e. The number of likely N-dealkylation sites (N-methyl/N-ethyl adjacent to an activating group) is 3. The maximum absolute atomic E-state index is 12.8. The van der Waals surface area contributed by atoms with Gasteiger partial charge in [0, 0.05) is 51.4 Å². The normalized spacial score (nSPS) is 22.6. The Hall–Kier alpha value is -3.11. The highest BCUT2D eigenvalue weighted by Gasteiger charge is 2.36. The second-order valence-corrected chi connectivity index (χ2v) is 8.82. The first kappa shape index (κ1) is 24.0. The average Bonchev–Trinajstić information content (AvgIpc) is 2.84. The molecular weight excluding hydrogens is 458 g/mol. The summed E-state index contributed by atoms with van der Waals surface area (Å²) in [5.41, 5.74) is 0.804. The number of aromatic nitrogens is 2. The number of ether oxygens (including phenoxy) is 1. The molecule has 1 aromatic heterocycles. The Balaban J connectivity index is 1.53. The molecule has 1 fully saturated rings. The summed E-state index contributed by atoms with van der Waals surface area (Å²) >= 11 is 6.40. The Morgan fingerprint density at radius 3 is 2.74 bits per heavy atom. The summed E-state index contributed by atoms with van der Waals surface area (Å²) in [6.07, 6.45) is 9.30. The second kappa shape index (κ2) is 10.4. The van der Waals surface area contributed by atoms with Crippen molar-refractivity contribution in [1.29, 1.82) is 0 Å². The van der Waals surface area contributed by atoms with E-state index in [-0.39, 0.29) is 36.1 Å². The molecule has 0 bridgehead atoms. The molecule has 3 aliphatic rings. The van der Waals surface area contributed by atoms with Crippen molar-refractivity contribution in [3.63, 3.8) is 0 Å². The van der Waals surface area contributed by atoms with Crippen molar-refractivity contribution >= 4 is 35.2 Å². The molecule has 2 atom stereocenters. The quantitative estimate of drug-likeness (QED) is 0.592. The van der Waals surface area contributed by atoms with Gasteiger partial charge in [-0.2, -0.15) is 4.98 Å². The molecule has 0 aromatic carbocycles. The molecule has 182 valence electrons. The number of allylic oxidation sites excluding steroid dienone is 1. The number of carbonyl (C=O) groups excluding carboxylic acids is 2. The van der Waals surface area contributed by atoms with Crippen LogP contribution in [0.4, 0.5) is 11.8 Å². The Labute approximate surface area is 204 Å². The van der Waals surface area contributed by atoms with Gasteiger partial charge in [0.05, 0.1) is 12.2 Å². The number of fused-ring (bicyclic) bond motifs is 1. The smallest absolute Gasteiger partial charge is 0.289 e. The molecule has 1 aliphatic carbocycles. The van der Waals surface area contributed by atoms with E-state index < -0.39 is 0 Å². The fourth-order valence-corrected chi connectivity index (χ4v) is 4.32. The summed E-state index contributed by atoms with van der Waals surface area (Å²) < 4.78 is 5.53. The molecular formula is C23H30ClN7O3. The molecule has 2 N–H and O–H groups in total. The number of nitrogens with one attached hydrogen (secondary N) is 2. The molecule has 1 aromatic rings. The summed E-state index contributed by atoms with van der Waals surface area (Å²) in [5.74, 6) is 0.702. The minimum Gasteiger partial charge on any atom is -0.478 e. The van der Waals surface area contributed by atoms with Gasteiger partial charge in [0.25, 0.3) is 11.8 Å². The van der Waals surface area contributed by atoms with Crippen LogP contribution in [-0.4, -0.2) is 91.0 Å². The van der Waals surface area contributed by atoms with Crippen molar-refractivity contribution in [2.45, 2.75) is 13.0 Å². The molecule has 11 heteroatoms. The maximum atomic E-state index is 12.8. The first-order valence-corrected chi connectivity index (χ1v) is 11.8. The molecule has 34 heavy (non-hydrogen) atoms. The molecule has 3 heterocycles. The van der Waals surface area contributed by atoms with E-state index in [1.165, 1.54) is 7.05 Å². The summed E-state index contributed by atoms with van der Waals surface area (Å²) in [7, 11) is 3.63. The zero-order valence-electron chi connectivity index (χ0n) is 19.6. The predicted molar refractivity (Wildman–Crippen MR) is 130 cm³/mol. The third-order valence-electron chi connectivity index (χ3n) is 6.17. The van der Waals surface area contributed by atoms with E-state index >= 15 is 0 Å². The van der Waals surface area contributed by atoms with Gasteiger partial charge in [0.1, 0.15) is 5.02 Å². The van der Waals surface area contributed by atoms with Gasteiger partial charge >= 0.3 is 0 Å². The minimum absolute atomic E-state index is 0.123. The van der Waals surface area contributed by atoms with Gasteiger partial charge in [-0.3, -0.25) is 9.59 Å². The van der Waals surface area contributed by atoms with Gasteiger partial charge in [0.2, 0.25) is 5.95 Å². The molecule has 2 aliphatic heterocycles. The lowest BCUT2D eigenvalue weighted by molar-refractivity contribution is -0.135. The number of amides is 2. The standard InChI is InChI=1S/C23H30ClN7O3/c1-4-31-18-6-5-16(11-15(18)12-19(22(31)33)34-14-20(32)25-2)27-21-17(24)13-26-23(28-21)30-9-7-29(3)8-10-30/h5-6,11-13,15,18H,4,7-10,14H2,1-3H3,(H,25,32)(H,26,27,28). The Morgan fingerprint density at radius 2 is 2.03 bits per heavy atom. The Kier molecular flexibility index (Phi) is 7.38. The molecule has 0 radical (unpaired) electrons. The van der Waals surface area contributed by atoms with Gasteiger partial charge in [-0.25, -0.2) is 4.98 Å². The molecule has 2 unspecified atom stereocenters. The number of hydrogen-bond donors (Lipinski definition) is 2. The van der Waals surface area contributed by atoms with Gasteiger partial charge in [-0.05, 0) is 26.1 Å². The number of hydrogen-bond acceptors (Lipinski definition) is 8. The van der Waals surface area contributed by atoms with Crippen LogP contribution in [0.25, 0.3) is 0 Å².